The van der Waals surface area contributed by atoms with Gasteiger partial charge in [0.2, 0.25) is 15.9 Å². The number of nitrogens with zero attached hydrogens (tertiary/aromatic N) is 1. The average Bonchev–Trinajstić information content (AvgIpc) is 2.75. The molecule has 1 amide bonds. The van der Waals surface area contributed by atoms with Gasteiger partial charge in [0.1, 0.15) is 11.6 Å². The molecule has 122 valence electrons. The lowest BCUT2D eigenvalue weighted by Gasteiger charge is -2.20. The monoisotopic (exact) mass is 330 g/mol. The third kappa shape index (κ3) is 4.17. The van der Waals surface area contributed by atoms with Crippen LogP contribution in [0.2, 0.25) is 0 Å². The van der Waals surface area contributed by atoms with Gasteiger partial charge in [-0.1, -0.05) is 6.92 Å². The molecule has 22 heavy (non-hydrogen) atoms. The Balaban J connectivity index is 2.22. The van der Waals surface area contributed by atoms with Gasteiger partial charge < -0.3 is 9.64 Å². The molecule has 0 saturated carbocycles. The second-order valence-electron chi connectivity index (χ2n) is 5.36. The third-order valence-electron chi connectivity index (χ3n) is 3.35. The lowest BCUT2D eigenvalue weighted by Crippen LogP contribution is -2.28. The Morgan fingerprint density at radius 3 is 2.82 bits per heavy atom. The van der Waals surface area contributed by atoms with Crippen LogP contribution in [0, 0.1) is 11.7 Å². The van der Waals surface area contributed by atoms with E-state index >= 15 is 0 Å². The number of sulfonamides is 1. The Labute approximate surface area is 129 Å². The van der Waals surface area contributed by atoms with Gasteiger partial charge in [0.15, 0.2) is 0 Å². The standard InChI is InChI=1S/C14H19FN2O4S/c1-2-5-21-13-7-11(15)3-4-12(13)17-8-10(6-14(17)18)9-22(16,19)20/h3-4,7,10H,2,5-6,8-9H2,1H3,(H2,16,19,20). The fourth-order valence-electron chi connectivity index (χ4n) is 2.49. The van der Waals surface area contributed by atoms with Crippen LogP contribution in [0.5, 0.6) is 5.75 Å². The van der Waals surface area contributed by atoms with E-state index in [9.17, 15) is 17.6 Å². The predicted octanol–water partition coefficient (Wildman–Crippen LogP) is 1.26. The smallest absolute Gasteiger partial charge is 0.227 e. The van der Waals surface area contributed by atoms with Gasteiger partial charge in [-0.05, 0) is 18.6 Å². The third-order valence-corrected chi connectivity index (χ3v) is 4.28. The first kappa shape index (κ1) is 16.7. The summed E-state index contributed by atoms with van der Waals surface area (Å²) in [5, 5.41) is 5.03. The van der Waals surface area contributed by atoms with Gasteiger partial charge in [-0.25, -0.2) is 17.9 Å². The van der Waals surface area contributed by atoms with Crippen molar-refractivity contribution in [2.45, 2.75) is 19.8 Å². The molecule has 0 aliphatic carbocycles. The molecule has 0 bridgehead atoms. The number of carbonyl (C=O) groups is 1. The molecule has 0 radical (unpaired) electrons. The number of anilines is 1. The predicted molar refractivity (Wildman–Crippen MR) is 80.6 cm³/mol. The maximum Gasteiger partial charge on any atom is 0.227 e. The second kappa shape index (κ2) is 6.62. The number of ether oxygens (including phenoxy) is 1. The van der Waals surface area contributed by atoms with Crippen LogP contribution in [0.15, 0.2) is 18.2 Å². The molecule has 8 heteroatoms. The summed E-state index contributed by atoms with van der Waals surface area (Å²) in [6.45, 7) is 2.55. The zero-order chi connectivity index (χ0) is 16.3. The fourth-order valence-corrected chi connectivity index (χ4v) is 3.37. The van der Waals surface area contributed by atoms with Crippen molar-refractivity contribution in [3.8, 4) is 5.75 Å². The van der Waals surface area contributed by atoms with E-state index in [0.717, 1.165) is 6.42 Å². The van der Waals surface area contributed by atoms with Crippen LogP contribution in [0.25, 0.3) is 0 Å². The maximum atomic E-state index is 13.4. The van der Waals surface area contributed by atoms with Crippen molar-refractivity contribution in [1.82, 2.24) is 0 Å². The van der Waals surface area contributed by atoms with Gasteiger partial charge in [-0.2, -0.15) is 0 Å². The first-order valence-electron chi connectivity index (χ1n) is 7.03. The molecule has 1 atom stereocenters. The van der Waals surface area contributed by atoms with Gasteiger partial charge in [0.25, 0.3) is 0 Å². The minimum atomic E-state index is -3.64. The molecule has 1 fully saturated rings. The SMILES string of the molecule is CCCOc1cc(F)ccc1N1CC(CS(N)(=O)=O)CC1=O. The molecular weight excluding hydrogens is 311 g/mol. The van der Waals surface area contributed by atoms with E-state index in [-0.39, 0.29) is 36.3 Å². The lowest BCUT2D eigenvalue weighted by molar-refractivity contribution is -0.117. The Morgan fingerprint density at radius 1 is 1.45 bits per heavy atom. The number of hydrogen-bond donors (Lipinski definition) is 1. The van der Waals surface area contributed by atoms with Gasteiger partial charge in [0.05, 0.1) is 18.0 Å². The highest BCUT2D eigenvalue weighted by molar-refractivity contribution is 7.89. The summed E-state index contributed by atoms with van der Waals surface area (Å²) in [5.41, 5.74) is 0.455. The Bertz CT molecular complexity index is 663. The average molecular weight is 330 g/mol. The van der Waals surface area contributed by atoms with Crippen LogP contribution in [0.1, 0.15) is 19.8 Å². The van der Waals surface area contributed by atoms with Gasteiger partial charge in [0, 0.05) is 24.9 Å². The molecule has 1 saturated heterocycles. The summed E-state index contributed by atoms with van der Waals surface area (Å²) in [6.07, 6.45) is 0.846. The van der Waals surface area contributed by atoms with E-state index in [0.29, 0.717) is 12.3 Å². The summed E-state index contributed by atoms with van der Waals surface area (Å²) in [7, 11) is -3.64. The molecule has 1 aliphatic heterocycles. The van der Waals surface area contributed by atoms with Crippen LogP contribution >= 0.6 is 0 Å². The molecule has 1 unspecified atom stereocenters. The van der Waals surface area contributed by atoms with Crippen molar-refractivity contribution in [3.63, 3.8) is 0 Å². The van der Waals surface area contributed by atoms with Crippen molar-refractivity contribution in [2.24, 2.45) is 11.1 Å². The Morgan fingerprint density at radius 2 is 2.18 bits per heavy atom. The number of hydrogen-bond acceptors (Lipinski definition) is 4. The number of primary sulfonamides is 1. The maximum absolute atomic E-state index is 13.4. The number of nitrogens with two attached hydrogens (primary N) is 1. The van der Waals surface area contributed by atoms with E-state index in [1.165, 1.54) is 23.1 Å². The highest BCUT2D eigenvalue weighted by Gasteiger charge is 2.34. The largest absolute Gasteiger partial charge is 0.491 e. The first-order chi connectivity index (χ1) is 10.3. The van der Waals surface area contributed by atoms with Crippen molar-refractivity contribution >= 4 is 21.6 Å². The van der Waals surface area contributed by atoms with Crippen molar-refractivity contribution in [3.05, 3.63) is 24.0 Å². The quantitative estimate of drug-likeness (QED) is 0.850. The molecular formula is C14H19FN2O4S. The molecule has 6 nitrogen and oxygen atoms in total. The van der Waals surface area contributed by atoms with Crippen molar-refractivity contribution in [2.75, 3.05) is 23.8 Å². The normalized spacial score (nSPS) is 18.8. The van der Waals surface area contributed by atoms with Crippen LogP contribution in [0.3, 0.4) is 0 Å². The number of benzene rings is 1. The van der Waals surface area contributed by atoms with Crippen molar-refractivity contribution in [1.29, 1.82) is 0 Å². The summed E-state index contributed by atoms with van der Waals surface area (Å²) >= 11 is 0. The molecule has 2 rings (SSSR count). The fraction of sp³-hybridized carbons (Fsp3) is 0.500. The number of halogens is 1. The highest BCUT2D eigenvalue weighted by Crippen LogP contribution is 2.34. The molecule has 0 spiro atoms. The molecule has 1 aromatic carbocycles. The number of carbonyl (C=O) groups excluding carboxylic acids is 1. The van der Waals surface area contributed by atoms with Crippen LogP contribution in [-0.2, 0) is 14.8 Å². The van der Waals surface area contributed by atoms with E-state index in [4.69, 9.17) is 9.88 Å². The second-order valence-corrected chi connectivity index (χ2v) is 7.02. The topological polar surface area (TPSA) is 89.7 Å². The minimum Gasteiger partial charge on any atom is -0.491 e. The molecule has 0 aromatic heterocycles. The Hall–Kier alpha value is -1.67. The van der Waals surface area contributed by atoms with E-state index in [1.807, 2.05) is 6.92 Å². The van der Waals surface area contributed by atoms with Gasteiger partial charge in [-0.15, -0.1) is 0 Å². The summed E-state index contributed by atoms with van der Waals surface area (Å²) in [4.78, 5) is 13.6. The zero-order valence-electron chi connectivity index (χ0n) is 12.3. The molecule has 1 heterocycles. The first-order valence-corrected chi connectivity index (χ1v) is 8.75. The molecule has 1 aromatic rings. The lowest BCUT2D eigenvalue weighted by atomic mass is 10.1. The van der Waals surface area contributed by atoms with Crippen LogP contribution in [-0.4, -0.2) is 33.2 Å². The van der Waals surface area contributed by atoms with E-state index < -0.39 is 15.8 Å². The molecule has 2 N–H and O–H groups in total. The zero-order valence-corrected chi connectivity index (χ0v) is 13.1. The van der Waals surface area contributed by atoms with Gasteiger partial charge in [-0.3, -0.25) is 4.79 Å². The van der Waals surface area contributed by atoms with Crippen LogP contribution in [0.4, 0.5) is 10.1 Å². The van der Waals surface area contributed by atoms with E-state index in [1.54, 1.807) is 0 Å². The summed E-state index contributed by atoms with van der Waals surface area (Å²) in [6, 6.07) is 3.94. The number of amides is 1. The van der Waals surface area contributed by atoms with Crippen LogP contribution < -0.4 is 14.8 Å². The molecule has 1 aliphatic rings. The Kier molecular flexibility index (Phi) is 5.02. The van der Waals surface area contributed by atoms with E-state index in [2.05, 4.69) is 0 Å². The van der Waals surface area contributed by atoms with Crippen molar-refractivity contribution < 1.29 is 22.3 Å². The minimum absolute atomic E-state index is 0.0982. The summed E-state index contributed by atoms with van der Waals surface area (Å²) < 4.78 is 41.2. The number of rotatable bonds is 6. The highest BCUT2D eigenvalue weighted by atomic mass is 32.2. The summed E-state index contributed by atoms with van der Waals surface area (Å²) in [5.74, 6) is -1.01. The van der Waals surface area contributed by atoms with Gasteiger partial charge >= 0.3 is 0 Å².